The molecule has 4 rings (SSSR count). The maximum Gasteiger partial charge on any atom is 0.303 e. The molecule has 0 radical (unpaired) electrons. The summed E-state index contributed by atoms with van der Waals surface area (Å²) in [6, 6.07) is 0. The first-order valence-electron chi connectivity index (χ1n) is 11.5. The van der Waals surface area contributed by atoms with Crippen LogP contribution in [0.5, 0.6) is 0 Å². The molecule has 10 atom stereocenters. The lowest BCUT2D eigenvalue weighted by molar-refractivity contribution is -0.148. The van der Waals surface area contributed by atoms with Crippen LogP contribution in [0.2, 0.25) is 0 Å². The van der Waals surface area contributed by atoms with Gasteiger partial charge in [0.05, 0.1) is 6.10 Å². The highest BCUT2D eigenvalue weighted by molar-refractivity contribution is 5.66. The van der Waals surface area contributed by atoms with Crippen LogP contribution in [0.1, 0.15) is 72.1 Å². The molecule has 4 aliphatic rings. The number of carboxylic acid groups (broad SMARTS) is 1. The van der Waals surface area contributed by atoms with Crippen molar-refractivity contribution in [2.75, 3.05) is 0 Å². The average molecular weight is 409 g/mol. The van der Waals surface area contributed by atoms with Gasteiger partial charge in [0.2, 0.25) is 0 Å². The number of aliphatic hydroxyl groups is 2. The largest absolute Gasteiger partial charge is 0.481 e. The van der Waals surface area contributed by atoms with Crippen molar-refractivity contribution in [2.45, 2.75) is 84.3 Å². The van der Waals surface area contributed by atoms with Crippen LogP contribution in [0.4, 0.5) is 4.39 Å². The Morgan fingerprint density at radius 3 is 2.62 bits per heavy atom. The van der Waals surface area contributed by atoms with Crippen LogP contribution in [-0.4, -0.2) is 33.5 Å². The Balaban J connectivity index is 1.60. The van der Waals surface area contributed by atoms with Gasteiger partial charge in [-0.1, -0.05) is 20.8 Å². The minimum atomic E-state index is -1.02. The minimum absolute atomic E-state index is 0.125. The third-order valence-corrected chi connectivity index (χ3v) is 9.83. The van der Waals surface area contributed by atoms with Gasteiger partial charge in [-0.05, 0) is 97.4 Å². The monoisotopic (exact) mass is 408 g/mol. The summed E-state index contributed by atoms with van der Waals surface area (Å²) < 4.78 is 14.4. The summed E-state index contributed by atoms with van der Waals surface area (Å²) >= 11 is 0. The molecular formula is C24H37FO4. The molecule has 0 aromatic rings. The maximum atomic E-state index is 14.4. The Morgan fingerprint density at radius 2 is 1.93 bits per heavy atom. The number of allylic oxidation sites excluding steroid dienone is 1. The lowest BCUT2D eigenvalue weighted by Gasteiger charge is -2.61. The van der Waals surface area contributed by atoms with Crippen LogP contribution in [0, 0.1) is 46.3 Å². The first kappa shape index (κ1) is 21.3. The SMILES string of the molecule is C[C@H](CCC(=O)O)[C@H]1CCC2C3C(CC[C@@]21C)[C@@]1(C)C=C(F)[C@@H](O)C[C@H]1C[C@H]3O. The van der Waals surface area contributed by atoms with E-state index in [1.807, 2.05) is 0 Å². The summed E-state index contributed by atoms with van der Waals surface area (Å²) in [5.41, 5.74) is -0.165. The molecule has 4 nitrogen and oxygen atoms in total. The van der Waals surface area contributed by atoms with E-state index in [1.54, 1.807) is 6.08 Å². The Kier molecular flexibility index (Phi) is 5.39. The number of hydrogen-bond acceptors (Lipinski definition) is 3. The zero-order valence-corrected chi connectivity index (χ0v) is 18.0. The van der Waals surface area contributed by atoms with Gasteiger partial charge < -0.3 is 15.3 Å². The van der Waals surface area contributed by atoms with Crippen LogP contribution in [0.15, 0.2) is 11.9 Å². The Hall–Kier alpha value is -0.940. The number of carbonyl (C=O) groups is 1. The fraction of sp³-hybridized carbons (Fsp3) is 0.875. The van der Waals surface area contributed by atoms with E-state index in [4.69, 9.17) is 5.11 Å². The molecule has 0 spiro atoms. The minimum Gasteiger partial charge on any atom is -0.481 e. The summed E-state index contributed by atoms with van der Waals surface area (Å²) in [4.78, 5) is 11.0. The molecule has 0 saturated heterocycles. The first-order chi connectivity index (χ1) is 13.6. The van der Waals surface area contributed by atoms with E-state index >= 15 is 0 Å². The summed E-state index contributed by atoms with van der Waals surface area (Å²) in [6.07, 6.45) is 6.49. The molecular weight excluding hydrogens is 371 g/mol. The number of fused-ring (bicyclic) bond motifs is 5. The van der Waals surface area contributed by atoms with E-state index in [0.29, 0.717) is 37.0 Å². The number of aliphatic hydroxyl groups excluding tert-OH is 2. The van der Waals surface area contributed by atoms with E-state index in [2.05, 4.69) is 20.8 Å². The van der Waals surface area contributed by atoms with Gasteiger partial charge in [-0.15, -0.1) is 0 Å². The molecule has 0 bridgehead atoms. The average Bonchev–Trinajstić information content (AvgIpc) is 2.99. The first-order valence-corrected chi connectivity index (χ1v) is 11.5. The lowest BCUT2D eigenvalue weighted by Crippen LogP contribution is -2.58. The van der Waals surface area contributed by atoms with Crippen molar-refractivity contribution in [1.82, 2.24) is 0 Å². The molecule has 164 valence electrons. The second kappa shape index (κ2) is 7.33. The second-order valence-corrected chi connectivity index (χ2v) is 11.1. The number of carboxylic acids is 1. The highest BCUT2D eigenvalue weighted by atomic mass is 19.1. The van der Waals surface area contributed by atoms with E-state index in [1.165, 1.54) is 0 Å². The lowest BCUT2D eigenvalue weighted by atomic mass is 9.44. The number of hydrogen-bond donors (Lipinski definition) is 3. The van der Waals surface area contributed by atoms with E-state index in [0.717, 1.165) is 25.7 Å². The molecule has 29 heavy (non-hydrogen) atoms. The van der Waals surface area contributed by atoms with Crippen molar-refractivity contribution in [2.24, 2.45) is 46.3 Å². The van der Waals surface area contributed by atoms with Crippen molar-refractivity contribution in [1.29, 1.82) is 0 Å². The normalized spacial score (nSPS) is 50.1. The predicted molar refractivity (Wildman–Crippen MR) is 109 cm³/mol. The number of aliphatic carboxylic acids is 1. The molecule has 0 aromatic carbocycles. The Bertz CT molecular complexity index is 692. The number of halogens is 1. The van der Waals surface area contributed by atoms with Gasteiger partial charge in [-0.3, -0.25) is 4.79 Å². The van der Waals surface area contributed by atoms with E-state index in [9.17, 15) is 19.4 Å². The molecule has 3 saturated carbocycles. The maximum absolute atomic E-state index is 14.4. The van der Waals surface area contributed by atoms with Gasteiger partial charge in [-0.2, -0.15) is 0 Å². The van der Waals surface area contributed by atoms with Crippen LogP contribution in [0.3, 0.4) is 0 Å². The van der Waals surface area contributed by atoms with Crippen molar-refractivity contribution < 1.29 is 24.5 Å². The standard InChI is InChI=1S/C24H37FO4/c1-13(4-7-21(28)29)15-5-6-16-22-17(8-9-23(15,16)2)24(3)12-18(25)19(26)10-14(24)11-20(22)27/h12-17,19-20,22,26-27H,4-11H2,1-3H3,(H,28,29)/t13-,14+,15-,16?,17?,19+,20-,22?,23-,24+/m1/s1. The molecule has 0 aliphatic heterocycles. The molecule has 5 heteroatoms. The van der Waals surface area contributed by atoms with Gasteiger partial charge >= 0.3 is 5.97 Å². The molecule has 3 fully saturated rings. The van der Waals surface area contributed by atoms with Gasteiger partial charge in [-0.25, -0.2) is 4.39 Å². The van der Waals surface area contributed by atoms with Crippen LogP contribution >= 0.6 is 0 Å². The van der Waals surface area contributed by atoms with Crippen molar-refractivity contribution >= 4 is 5.97 Å². The van der Waals surface area contributed by atoms with Gasteiger partial charge in [0.25, 0.3) is 0 Å². The molecule has 3 N–H and O–H groups in total. The Labute approximate surface area is 173 Å². The van der Waals surface area contributed by atoms with Gasteiger partial charge in [0, 0.05) is 6.42 Å². The third kappa shape index (κ3) is 3.27. The van der Waals surface area contributed by atoms with E-state index in [-0.39, 0.29) is 40.8 Å². The zero-order valence-electron chi connectivity index (χ0n) is 18.0. The van der Waals surface area contributed by atoms with E-state index < -0.39 is 18.2 Å². The van der Waals surface area contributed by atoms with Gasteiger partial charge in [0.1, 0.15) is 11.9 Å². The second-order valence-electron chi connectivity index (χ2n) is 11.1. The molecule has 0 heterocycles. The molecule has 0 aromatic heterocycles. The quantitative estimate of drug-likeness (QED) is 0.638. The molecule has 4 aliphatic carbocycles. The van der Waals surface area contributed by atoms with Crippen molar-refractivity contribution in [3.05, 3.63) is 11.9 Å². The zero-order chi connectivity index (χ0) is 21.1. The number of rotatable bonds is 4. The van der Waals surface area contributed by atoms with Crippen molar-refractivity contribution in [3.8, 4) is 0 Å². The molecule has 0 amide bonds. The summed E-state index contributed by atoms with van der Waals surface area (Å²) in [7, 11) is 0. The Morgan fingerprint density at radius 1 is 1.21 bits per heavy atom. The summed E-state index contributed by atoms with van der Waals surface area (Å²) in [6.45, 7) is 6.71. The summed E-state index contributed by atoms with van der Waals surface area (Å²) in [5, 5.41) is 30.3. The highest BCUT2D eigenvalue weighted by Gasteiger charge is 2.62. The topological polar surface area (TPSA) is 77.8 Å². The van der Waals surface area contributed by atoms with Crippen LogP contribution in [0.25, 0.3) is 0 Å². The van der Waals surface area contributed by atoms with Gasteiger partial charge in [0.15, 0.2) is 0 Å². The summed E-state index contributed by atoms with van der Waals surface area (Å²) in [5.74, 6) is 0.703. The fourth-order valence-corrected chi connectivity index (χ4v) is 8.34. The third-order valence-electron chi connectivity index (χ3n) is 9.83. The fourth-order valence-electron chi connectivity index (χ4n) is 8.34. The predicted octanol–water partition coefficient (Wildman–Crippen LogP) is 4.55. The van der Waals surface area contributed by atoms with Crippen LogP contribution < -0.4 is 0 Å². The molecule has 3 unspecified atom stereocenters. The highest BCUT2D eigenvalue weighted by Crippen LogP contribution is 2.68. The van der Waals surface area contributed by atoms with Crippen molar-refractivity contribution in [3.63, 3.8) is 0 Å². The van der Waals surface area contributed by atoms with Crippen LogP contribution in [-0.2, 0) is 4.79 Å². The smallest absolute Gasteiger partial charge is 0.303 e.